The molecule has 0 saturated heterocycles. The lowest BCUT2D eigenvalue weighted by molar-refractivity contribution is -0.136. The Bertz CT molecular complexity index is 565. The van der Waals surface area contributed by atoms with Gasteiger partial charge < -0.3 is 9.84 Å². The predicted octanol–water partition coefficient (Wildman–Crippen LogP) is 6.03. The van der Waals surface area contributed by atoms with Gasteiger partial charge in [-0.3, -0.25) is 4.79 Å². The predicted molar refractivity (Wildman–Crippen MR) is 107 cm³/mol. The topological polar surface area (TPSA) is 46.5 Å². The second-order valence-corrected chi connectivity index (χ2v) is 8.48. The van der Waals surface area contributed by atoms with Gasteiger partial charge in [0.05, 0.1) is 6.10 Å². The first kappa shape index (κ1) is 20.8. The van der Waals surface area contributed by atoms with Crippen molar-refractivity contribution in [2.24, 2.45) is 11.8 Å². The highest BCUT2D eigenvalue weighted by atomic mass is 16.5. The Kier molecular flexibility index (Phi) is 8.47. The maximum atomic E-state index is 10.7. The summed E-state index contributed by atoms with van der Waals surface area (Å²) in [5.41, 5.74) is 2.34. The van der Waals surface area contributed by atoms with Crippen LogP contribution < -0.4 is 4.74 Å². The van der Waals surface area contributed by atoms with Crippen molar-refractivity contribution < 1.29 is 14.6 Å². The Morgan fingerprint density at radius 2 is 1.96 bits per heavy atom. The number of benzene rings is 1. The van der Waals surface area contributed by atoms with Gasteiger partial charge in [0.25, 0.3) is 0 Å². The Labute approximate surface area is 159 Å². The minimum atomic E-state index is -0.738. The van der Waals surface area contributed by atoms with Crippen LogP contribution in [0.5, 0.6) is 5.75 Å². The van der Waals surface area contributed by atoms with Gasteiger partial charge in [-0.2, -0.15) is 0 Å². The third-order valence-corrected chi connectivity index (χ3v) is 5.48. The normalized spacial score (nSPS) is 17.6. The zero-order chi connectivity index (χ0) is 18.9. The molecular formula is C23H36O3. The molecule has 1 aromatic carbocycles. The van der Waals surface area contributed by atoms with Gasteiger partial charge in [0.2, 0.25) is 0 Å². The molecule has 0 aromatic heterocycles. The molecule has 1 aliphatic rings. The lowest BCUT2D eigenvalue weighted by Crippen LogP contribution is -2.22. The molecule has 0 amide bonds. The van der Waals surface area contributed by atoms with E-state index in [1.165, 1.54) is 37.7 Å². The highest BCUT2D eigenvalue weighted by Crippen LogP contribution is 2.31. The molecule has 146 valence electrons. The van der Waals surface area contributed by atoms with Crippen LogP contribution in [0.4, 0.5) is 0 Å². The average molecular weight is 361 g/mol. The Balaban J connectivity index is 1.70. The van der Waals surface area contributed by atoms with Crippen LogP contribution in [0, 0.1) is 11.8 Å². The van der Waals surface area contributed by atoms with Crippen molar-refractivity contribution in [3.8, 4) is 5.75 Å². The van der Waals surface area contributed by atoms with E-state index in [1.54, 1.807) is 0 Å². The van der Waals surface area contributed by atoms with E-state index in [-0.39, 0.29) is 6.42 Å². The van der Waals surface area contributed by atoms with E-state index in [9.17, 15) is 4.79 Å². The summed E-state index contributed by atoms with van der Waals surface area (Å²) in [4.78, 5) is 10.7. The monoisotopic (exact) mass is 360 g/mol. The molecule has 2 atom stereocenters. The van der Waals surface area contributed by atoms with Crippen molar-refractivity contribution in [2.75, 3.05) is 0 Å². The minimum Gasteiger partial charge on any atom is -0.490 e. The minimum absolute atomic E-state index is 0.192. The summed E-state index contributed by atoms with van der Waals surface area (Å²) in [6, 6.07) is 6.18. The van der Waals surface area contributed by atoms with E-state index in [4.69, 9.17) is 9.84 Å². The molecule has 0 saturated carbocycles. The maximum Gasteiger partial charge on any atom is 0.303 e. The molecule has 3 nitrogen and oxygen atoms in total. The van der Waals surface area contributed by atoms with Gasteiger partial charge in [0, 0.05) is 6.42 Å². The Hall–Kier alpha value is -1.51. The Morgan fingerprint density at radius 3 is 2.69 bits per heavy atom. The summed E-state index contributed by atoms with van der Waals surface area (Å²) in [6.07, 6.45) is 11.0. The number of carbonyl (C=O) groups is 1. The average Bonchev–Trinajstić information content (AvgIpc) is 2.59. The summed E-state index contributed by atoms with van der Waals surface area (Å²) in [5, 5.41) is 8.82. The van der Waals surface area contributed by atoms with Gasteiger partial charge >= 0.3 is 5.97 Å². The number of hydrogen-bond acceptors (Lipinski definition) is 2. The molecule has 1 aliphatic heterocycles. The zero-order valence-electron chi connectivity index (χ0n) is 16.8. The SMILES string of the molecule is CC(C)CCCC(C)CCC[C@@H]1CCc2cc(CCC(=O)O)ccc2O1. The summed E-state index contributed by atoms with van der Waals surface area (Å²) in [6.45, 7) is 6.99. The van der Waals surface area contributed by atoms with E-state index in [0.717, 1.165) is 42.4 Å². The van der Waals surface area contributed by atoms with E-state index in [0.29, 0.717) is 12.5 Å². The van der Waals surface area contributed by atoms with E-state index >= 15 is 0 Å². The Morgan fingerprint density at radius 1 is 1.19 bits per heavy atom. The van der Waals surface area contributed by atoms with Crippen molar-refractivity contribution in [2.45, 2.75) is 91.1 Å². The molecule has 1 aromatic rings. The smallest absolute Gasteiger partial charge is 0.303 e. The molecule has 1 unspecified atom stereocenters. The largest absolute Gasteiger partial charge is 0.490 e. The van der Waals surface area contributed by atoms with Crippen molar-refractivity contribution >= 4 is 5.97 Å². The second kappa shape index (κ2) is 10.6. The number of carboxylic acid groups (broad SMARTS) is 1. The van der Waals surface area contributed by atoms with Crippen LogP contribution in [0.15, 0.2) is 18.2 Å². The summed E-state index contributed by atoms with van der Waals surface area (Å²) in [7, 11) is 0. The molecule has 0 spiro atoms. The molecule has 0 radical (unpaired) electrons. The third kappa shape index (κ3) is 7.39. The molecule has 1 heterocycles. The van der Waals surface area contributed by atoms with Crippen LogP contribution >= 0.6 is 0 Å². The number of hydrogen-bond donors (Lipinski definition) is 1. The number of ether oxygens (including phenoxy) is 1. The fourth-order valence-corrected chi connectivity index (χ4v) is 3.82. The van der Waals surface area contributed by atoms with Gasteiger partial charge in [-0.25, -0.2) is 0 Å². The van der Waals surface area contributed by atoms with Crippen LogP contribution in [-0.4, -0.2) is 17.2 Å². The first-order valence-electron chi connectivity index (χ1n) is 10.4. The van der Waals surface area contributed by atoms with Crippen LogP contribution in [0.3, 0.4) is 0 Å². The summed E-state index contributed by atoms with van der Waals surface area (Å²) >= 11 is 0. The van der Waals surface area contributed by atoms with Gasteiger partial charge in [0.15, 0.2) is 0 Å². The van der Waals surface area contributed by atoms with Gasteiger partial charge in [0.1, 0.15) is 5.75 Å². The quantitative estimate of drug-likeness (QED) is 0.524. The summed E-state index contributed by atoms with van der Waals surface area (Å²) in [5.74, 6) is 1.91. The van der Waals surface area contributed by atoms with E-state index in [2.05, 4.69) is 26.8 Å². The molecule has 0 fully saturated rings. The van der Waals surface area contributed by atoms with Crippen LogP contribution in [0.2, 0.25) is 0 Å². The highest BCUT2D eigenvalue weighted by Gasteiger charge is 2.20. The molecular weight excluding hydrogens is 324 g/mol. The van der Waals surface area contributed by atoms with E-state index in [1.807, 2.05) is 12.1 Å². The maximum absolute atomic E-state index is 10.7. The lowest BCUT2D eigenvalue weighted by atomic mass is 9.93. The van der Waals surface area contributed by atoms with E-state index < -0.39 is 5.97 Å². The van der Waals surface area contributed by atoms with Crippen molar-refractivity contribution in [1.82, 2.24) is 0 Å². The van der Waals surface area contributed by atoms with Crippen LogP contribution in [0.25, 0.3) is 0 Å². The molecule has 0 aliphatic carbocycles. The number of carboxylic acids is 1. The first-order chi connectivity index (χ1) is 12.4. The fraction of sp³-hybridized carbons (Fsp3) is 0.696. The van der Waals surface area contributed by atoms with Crippen LogP contribution in [-0.2, 0) is 17.6 Å². The standard InChI is InChI=1S/C23H36O3/c1-17(2)6-4-7-18(3)8-5-9-21-13-12-20-16-19(11-15-23(24)25)10-14-22(20)26-21/h10,14,16-18,21H,4-9,11-13,15H2,1-3H3,(H,24,25)/t18?,21-/m1/s1. The number of aryl methyl sites for hydroxylation is 2. The molecule has 1 N–H and O–H groups in total. The number of rotatable bonds is 11. The number of aliphatic carboxylic acids is 1. The van der Waals surface area contributed by atoms with Crippen molar-refractivity contribution in [3.05, 3.63) is 29.3 Å². The highest BCUT2D eigenvalue weighted by molar-refractivity contribution is 5.67. The van der Waals surface area contributed by atoms with Crippen LogP contribution in [0.1, 0.15) is 83.3 Å². The number of fused-ring (bicyclic) bond motifs is 1. The summed E-state index contributed by atoms with van der Waals surface area (Å²) < 4.78 is 6.19. The molecule has 26 heavy (non-hydrogen) atoms. The molecule has 3 heteroatoms. The van der Waals surface area contributed by atoms with Crippen molar-refractivity contribution in [1.29, 1.82) is 0 Å². The molecule has 0 bridgehead atoms. The van der Waals surface area contributed by atoms with Gasteiger partial charge in [-0.1, -0.05) is 58.6 Å². The molecule has 2 rings (SSSR count). The fourth-order valence-electron chi connectivity index (χ4n) is 3.82. The second-order valence-electron chi connectivity index (χ2n) is 8.48. The van der Waals surface area contributed by atoms with Gasteiger partial charge in [-0.05, 0) is 61.1 Å². The zero-order valence-corrected chi connectivity index (χ0v) is 16.8. The third-order valence-electron chi connectivity index (χ3n) is 5.48. The lowest BCUT2D eigenvalue weighted by Gasteiger charge is -2.27. The van der Waals surface area contributed by atoms with Gasteiger partial charge in [-0.15, -0.1) is 0 Å². The van der Waals surface area contributed by atoms with Crippen molar-refractivity contribution in [3.63, 3.8) is 0 Å². The first-order valence-corrected chi connectivity index (χ1v) is 10.4.